The van der Waals surface area contributed by atoms with Crippen LogP contribution in [0.3, 0.4) is 0 Å². The van der Waals surface area contributed by atoms with Crippen molar-refractivity contribution >= 4 is 20.2 Å². The average molecular weight is 421 g/mol. The summed E-state index contributed by atoms with van der Waals surface area (Å²) in [5.74, 6) is 0. The Morgan fingerprint density at radius 2 is 1.89 bits per heavy atom. The lowest BCUT2D eigenvalue weighted by Gasteiger charge is -2.38. The van der Waals surface area contributed by atoms with Crippen LogP contribution in [0.5, 0.6) is 0 Å². The smallest absolute Gasteiger partial charge is 0.264 e. The molecule has 2 rings (SSSR count). The fourth-order valence-electron chi connectivity index (χ4n) is 2.43. The van der Waals surface area contributed by atoms with E-state index in [1.807, 2.05) is 0 Å². The minimum absolute atomic E-state index is 0.187. The van der Waals surface area contributed by atoms with Gasteiger partial charge in [0.2, 0.25) is 0 Å². The molecule has 1 saturated heterocycles. The molecule has 1 aromatic rings. The molecule has 27 heavy (non-hydrogen) atoms. The Morgan fingerprint density at radius 1 is 1.22 bits per heavy atom. The van der Waals surface area contributed by atoms with Gasteiger partial charge in [-0.3, -0.25) is 8.37 Å². The van der Waals surface area contributed by atoms with Crippen molar-refractivity contribution < 1.29 is 34.7 Å². The second-order valence-corrected chi connectivity index (χ2v) is 9.02. The molecule has 13 heteroatoms. The first-order valence-electron chi connectivity index (χ1n) is 7.68. The highest BCUT2D eigenvalue weighted by molar-refractivity contribution is 7.86. The van der Waals surface area contributed by atoms with Gasteiger partial charge in [0.1, 0.15) is 12.2 Å². The van der Waals surface area contributed by atoms with Gasteiger partial charge in [-0.1, -0.05) is 35.4 Å². The van der Waals surface area contributed by atoms with Crippen molar-refractivity contribution in [3.05, 3.63) is 46.3 Å². The number of azide groups is 1. The van der Waals surface area contributed by atoms with Gasteiger partial charge in [0.15, 0.2) is 6.29 Å². The van der Waals surface area contributed by atoms with Crippen molar-refractivity contribution in [1.29, 1.82) is 0 Å². The zero-order chi connectivity index (χ0) is 20.1. The number of hydrogen-bond acceptors (Lipinski definition) is 9. The third-order valence-corrected chi connectivity index (χ3v) is 4.62. The lowest BCUT2D eigenvalue weighted by molar-refractivity contribution is -0.256. The summed E-state index contributed by atoms with van der Waals surface area (Å²) in [7, 11) is -7.71. The van der Waals surface area contributed by atoms with E-state index in [0.29, 0.717) is 5.56 Å². The molecule has 150 valence electrons. The van der Waals surface area contributed by atoms with Crippen LogP contribution in [0.4, 0.5) is 0 Å². The minimum atomic E-state index is -3.88. The SMILES string of the molecule is CS(=O)(=O)OC[C@H](N=[N+]=[N-])[C@H]1O[C@@H](c2ccccc2)OC[C@H]1OS(C)(=O)=O. The summed E-state index contributed by atoms with van der Waals surface area (Å²) in [6, 6.07) is 7.60. The van der Waals surface area contributed by atoms with E-state index in [2.05, 4.69) is 10.0 Å². The Bertz CT molecular complexity index is 884. The normalized spacial score (nSPS) is 24.7. The van der Waals surface area contributed by atoms with Gasteiger partial charge < -0.3 is 9.47 Å². The first kappa shape index (κ1) is 21.6. The van der Waals surface area contributed by atoms with Crippen LogP contribution in [0.2, 0.25) is 0 Å². The molecule has 1 aliphatic rings. The fraction of sp³-hybridized carbons (Fsp3) is 0.571. The molecular weight excluding hydrogens is 402 g/mol. The van der Waals surface area contributed by atoms with E-state index in [-0.39, 0.29) is 6.61 Å². The molecule has 0 aromatic heterocycles. The summed E-state index contributed by atoms with van der Waals surface area (Å²) in [6.07, 6.45) is -1.48. The van der Waals surface area contributed by atoms with Crippen LogP contribution < -0.4 is 0 Å². The molecule has 0 N–H and O–H groups in total. The quantitative estimate of drug-likeness (QED) is 0.262. The first-order valence-corrected chi connectivity index (χ1v) is 11.3. The molecule has 4 atom stereocenters. The predicted octanol–water partition coefficient (Wildman–Crippen LogP) is 1.10. The van der Waals surface area contributed by atoms with Gasteiger partial charge >= 0.3 is 0 Å². The van der Waals surface area contributed by atoms with Gasteiger partial charge in [0, 0.05) is 10.5 Å². The molecule has 0 aliphatic carbocycles. The summed E-state index contributed by atoms with van der Waals surface area (Å²) in [4.78, 5) is 2.66. The van der Waals surface area contributed by atoms with Gasteiger partial charge in [-0.25, -0.2) is 0 Å². The number of rotatable bonds is 8. The van der Waals surface area contributed by atoms with Crippen molar-refractivity contribution in [2.75, 3.05) is 25.7 Å². The maximum absolute atomic E-state index is 11.5. The molecule has 1 fully saturated rings. The summed E-state index contributed by atoms with van der Waals surface area (Å²) in [6.45, 7) is -0.730. The summed E-state index contributed by atoms with van der Waals surface area (Å²) < 4.78 is 66.5. The minimum Gasteiger partial charge on any atom is -0.346 e. The Morgan fingerprint density at radius 3 is 2.44 bits per heavy atom. The van der Waals surface area contributed by atoms with E-state index >= 15 is 0 Å². The molecule has 0 amide bonds. The summed E-state index contributed by atoms with van der Waals surface area (Å²) in [5, 5.41) is 3.49. The highest BCUT2D eigenvalue weighted by atomic mass is 32.2. The van der Waals surface area contributed by atoms with E-state index in [4.69, 9.17) is 23.4 Å². The number of benzene rings is 1. The third-order valence-electron chi connectivity index (χ3n) is 3.46. The molecule has 0 spiro atoms. The Hall–Kier alpha value is -1.73. The van der Waals surface area contributed by atoms with Gasteiger partial charge in [0.05, 0.1) is 31.8 Å². The molecule has 0 radical (unpaired) electrons. The maximum Gasteiger partial charge on any atom is 0.264 e. The van der Waals surface area contributed by atoms with Crippen molar-refractivity contribution in [3.8, 4) is 0 Å². The maximum atomic E-state index is 11.5. The average Bonchev–Trinajstić information content (AvgIpc) is 2.58. The van der Waals surface area contributed by atoms with Crippen LogP contribution in [0, 0.1) is 0 Å². The standard InChI is InChI=1S/C14H19N3O8S2/c1-26(18,19)23-8-11(16-17-15)13-12(25-27(2,20)21)9-22-14(24-13)10-6-4-3-5-7-10/h3-7,11-14H,8-9H2,1-2H3/t11-,12+,13+,14-/m0/s1. The van der Waals surface area contributed by atoms with E-state index in [9.17, 15) is 16.8 Å². The number of ether oxygens (including phenoxy) is 2. The van der Waals surface area contributed by atoms with Crippen LogP contribution in [0.25, 0.3) is 10.4 Å². The topological polar surface area (TPSA) is 154 Å². The van der Waals surface area contributed by atoms with Crippen LogP contribution in [-0.2, 0) is 38.1 Å². The van der Waals surface area contributed by atoms with E-state index in [1.54, 1.807) is 30.3 Å². The van der Waals surface area contributed by atoms with Crippen LogP contribution in [0.1, 0.15) is 11.9 Å². The number of nitrogens with zero attached hydrogens (tertiary/aromatic N) is 3. The summed E-state index contributed by atoms with van der Waals surface area (Å²) in [5.41, 5.74) is 9.45. The molecular formula is C14H19N3O8S2. The van der Waals surface area contributed by atoms with Crippen LogP contribution >= 0.6 is 0 Å². The molecule has 0 unspecified atom stereocenters. The Kier molecular flexibility index (Phi) is 7.17. The van der Waals surface area contributed by atoms with Crippen molar-refractivity contribution in [2.24, 2.45) is 5.11 Å². The monoisotopic (exact) mass is 421 g/mol. The molecule has 1 aliphatic heterocycles. The van der Waals surface area contributed by atoms with Crippen molar-refractivity contribution in [3.63, 3.8) is 0 Å². The van der Waals surface area contributed by atoms with Gasteiger partial charge in [-0.2, -0.15) is 16.8 Å². The molecule has 0 saturated carbocycles. The Labute approximate surface area is 157 Å². The van der Waals surface area contributed by atoms with E-state index in [1.165, 1.54) is 0 Å². The third kappa shape index (κ3) is 7.07. The van der Waals surface area contributed by atoms with Gasteiger partial charge in [-0.05, 0) is 5.53 Å². The molecule has 11 nitrogen and oxygen atoms in total. The predicted molar refractivity (Wildman–Crippen MR) is 93.5 cm³/mol. The molecule has 0 bridgehead atoms. The molecule has 1 heterocycles. The van der Waals surface area contributed by atoms with Crippen LogP contribution in [0.15, 0.2) is 35.4 Å². The zero-order valence-electron chi connectivity index (χ0n) is 14.5. The van der Waals surface area contributed by atoms with Gasteiger partial charge in [0.25, 0.3) is 20.2 Å². The largest absolute Gasteiger partial charge is 0.346 e. The lowest BCUT2D eigenvalue weighted by Crippen LogP contribution is -2.50. The van der Waals surface area contributed by atoms with Crippen molar-refractivity contribution in [2.45, 2.75) is 24.5 Å². The number of hydrogen-bond donors (Lipinski definition) is 0. The fourth-order valence-corrected chi connectivity index (χ4v) is 3.43. The molecule has 1 aromatic carbocycles. The van der Waals surface area contributed by atoms with E-state index in [0.717, 1.165) is 12.5 Å². The van der Waals surface area contributed by atoms with Gasteiger partial charge in [-0.15, -0.1) is 0 Å². The summed E-state index contributed by atoms with van der Waals surface area (Å²) >= 11 is 0. The van der Waals surface area contributed by atoms with Crippen molar-refractivity contribution in [1.82, 2.24) is 0 Å². The highest BCUT2D eigenvalue weighted by Crippen LogP contribution is 2.31. The first-order chi connectivity index (χ1) is 12.6. The Balaban J connectivity index is 2.29. The zero-order valence-corrected chi connectivity index (χ0v) is 16.2. The second-order valence-electron chi connectivity index (χ2n) is 5.78. The lowest BCUT2D eigenvalue weighted by atomic mass is 10.1. The van der Waals surface area contributed by atoms with E-state index < -0.39 is 51.4 Å². The van der Waals surface area contributed by atoms with Crippen LogP contribution in [-0.4, -0.2) is 60.8 Å². The highest BCUT2D eigenvalue weighted by Gasteiger charge is 2.40. The second kappa shape index (κ2) is 8.97.